The number of rotatable bonds is 3. The topological polar surface area (TPSA) is 55.4 Å². The van der Waals surface area contributed by atoms with Gasteiger partial charge in [-0.2, -0.15) is 0 Å². The molecule has 4 nitrogen and oxygen atoms in total. The van der Waals surface area contributed by atoms with Gasteiger partial charge < -0.3 is 10.1 Å². The Bertz CT molecular complexity index is 420. The summed E-state index contributed by atoms with van der Waals surface area (Å²) < 4.78 is 4.56. The summed E-state index contributed by atoms with van der Waals surface area (Å²) in [6.45, 7) is 5.15. The number of hydrogen-bond donors (Lipinski definition) is 1. The molecule has 84 valence electrons. The molecule has 1 amide bonds. The average Bonchev–Trinajstić information content (AvgIpc) is 2.28. The van der Waals surface area contributed by atoms with Crippen molar-refractivity contribution in [2.75, 3.05) is 12.4 Å². The molecule has 0 radical (unpaired) electrons. The Hall–Kier alpha value is -2.10. The number of benzene rings is 1. The summed E-state index contributed by atoms with van der Waals surface area (Å²) in [6, 6.07) is 6.43. The fourth-order valence-electron chi connectivity index (χ4n) is 1.05. The van der Waals surface area contributed by atoms with Crippen LogP contribution in [0, 0.1) is 0 Å². The molecule has 4 heteroatoms. The van der Waals surface area contributed by atoms with Crippen LogP contribution in [-0.2, 0) is 9.53 Å². The van der Waals surface area contributed by atoms with Crippen LogP contribution in [0.5, 0.6) is 0 Å². The first-order valence-electron chi connectivity index (χ1n) is 4.70. The van der Waals surface area contributed by atoms with Gasteiger partial charge in [-0.25, -0.2) is 4.79 Å². The number of esters is 1. The van der Waals surface area contributed by atoms with Crippen LogP contribution in [-0.4, -0.2) is 19.0 Å². The van der Waals surface area contributed by atoms with Gasteiger partial charge in [0.15, 0.2) is 0 Å². The van der Waals surface area contributed by atoms with E-state index in [2.05, 4.69) is 16.6 Å². The molecule has 0 aliphatic carbocycles. The van der Waals surface area contributed by atoms with Gasteiger partial charge >= 0.3 is 5.97 Å². The van der Waals surface area contributed by atoms with Gasteiger partial charge in [0.1, 0.15) is 0 Å². The predicted molar refractivity (Wildman–Crippen MR) is 61.2 cm³/mol. The molecule has 0 spiro atoms. The lowest BCUT2D eigenvalue weighted by Gasteiger charge is -2.05. The molecule has 0 aromatic heterocycles. The molecule has 0 saturated heterocycles. The Morgan fingerprint density at radius 2 is 1.81 bits per heavy atom. The van der Waals surface area contributed by atoms with E-state index >= 15 is 0 Å². The van der Waals surface area contributed by atoms with Crippen molar-refractivity contribution in [3.8, 4) is 0 Å². The second kappa shape index (κ2) is 5.11. The molecule has 16 heavy (non-hydrogen) atoms. The Morgan fingerprint density at radius 3 is 2.25 bits per heavy atom. The first-order valence-corrected chi connectivity index (χ1v) is 4.70. The number of methoxy groups -OCH3 is 1. The molecule has 0 bridgehead atoms. The van der Waals surface area contributed by atoms with Gasteiger partial charge in [0.25, 0.3) is 5.91 Å². The number of ether oxygens (including phenoxy) is 1. The van der Waals surface area contributed by atoms with E-state index in [0.717, 1.165) is 0 Å². The van der Waals surface area contributed by atoms with Crippen LogP contribution >= 0.6 is 0 Å². The second-order valence-electron chi connectivity index (χ2n) is 3.30. The van der Waals surface area contributed by atoms with Gasteiger partial charge in [-0.15, -0.1) is 0 Å². The van der Waals surface area contributed by atoms with Gasteiger partial charge in [0, 0.05) is 11.3 Å². The lowest BCUT2D eigenvalue weighted by Crippen LogP contribution is -2.11. The van der Waals surface area contributed by atoms with E-state index in [1.54, 1.807) is 31.2 Å². The maximum absolute atomic E-state index is 11.3. The van der Waals surface area contributed by atoms with Crippen LogP contribution in [0.1, 0.15) is 17.3 Å². The van der Waals surface area contributed by atoms with Crippen molar-refractivity contribution >= 4 is 17.6 Å². The minimum absolute atomic E-state index is 0.245. The van der Waals surface area contributed by atoms with E-state index in [9.17, 15) is 9.59 Å². The van der Waals surface area contributed by atoms with E-state index in [4.69, 9.17) is 0 Å². The van der Waals surface area contributed by atoms with Gasteiger partial charge in [-0.3, -0.25) is 4.79 Å². The van der Waals surface area contributed by atoms with Crippen molar-refractivity contribution in [3.05, 3.63) is 42.0 Å². The molecule has 1 aromatic rings. The molecule has 1 aromatic carbocycles. The summed E-state index contributed by atoms with van der Waals surface area (Å²) in [5.41, 5.74) is 1.48. The first kappa shape index (κ1) is 12.0. The smallest absolute Gasteiger partial charge is 0.337 e. The number of carbonyl (C=O) groups is 2. The molecular weight excluding hydrogens is 206 g/mol. The summed E-state index contributed by atoms with van der Waals surface area (Å²) in [5, 5.41) is 2.63. The van der Waals surface area contributed by atoms with E-state index in [1.165, 1.54) is 7.11 Å². The summed E-state index contributed by atoms with van der Waals surface area (Å²) in [6.07, 6.45) is 0. The minimum atomic E-state index is -0.405. The van der Waals surface area contributed by atoms with Crippen LogP contribution < -0.4 is 5.32 Å². The lowest BCUT2D eigenvalue weighted by atomic mass is 10.2. The second-order valence-corrected chi connectivity index (χ2v) is 3.30. The van der Waals surface area contributed by atoms with Crippen LogP contribution in [0.15, 0.2) is 36.4 Å². The standard InChI is InChI=1S/C12H13NO3/c1-8(2)11(14)13-10-6-4-9(5-7-10)12(15)16-3/h4-7H,1H2,2-3H3,(H,13,14). The zero-order valence-electron chi connectivity index (χ0n) is 9.24. The summed E-state index contributed by atoms with van der Waals surface area (Å²) >= 11 is 0. The lowest BCUT2D eigenvalue weighted by molar-refractivity contribution is -0.112. The molecule has 0 fully saturated rings. The molecule has 0 aliphatic heterocycles. The zero-order chi connectivity index (χ0) is 12.1. The van der Waals surface area contributed by atoms with Crippen LogP contribution in [0.3, 0.4) is 0 Å². The van der Waals surface area contributed by atoms with Gasteiger partial charge in [0.05, 0.1) is 12.7 Å². The predicted octanol–water partition coefficient (Wildman–Crippen LogP) is 1.99. The molecule has 0 saturated carbocycles. The Labute approximate surface area is 93.9 Å². The molecule has 0 unspecified atom stereocenters. The van der Waals surface area contributed by atoms with Crippen molar-refractivity contribution in [3.63, 3.8) is 0 Å². The van der Waals surface area contributed by atoms with Crippen molar-refractivity contribution in [2.45, 2.75) is 6.92 Å². The van der Waals surface area contributed by atoms with Gasteiger partial charge in [0.2, 0.25) is 0 Å². The van der Waals surface area contributed by atoms with E-state index < -0.39 is 5.97 Å². The fraction of sp³-hybridized carbons (Fsp3) is 0.167. The van der Waals surface area contributed by atoms with Crippen molar-refractivity contribution in [1.29, 1.82) is 0 Å². The summed E-state index contributed by atoms with van der Waals surface area (Å²) in [7, 11) is 1.32. The average molecular weight is 219 g/mol. The zero-order valence-corrected chi connectivity index (χ0v) is 9.24. The molecule has 0 atom stereocenters. The molecule has 1 rings (SSSR count). The third kappa shape index (κ3) is 2.95. The Morgan fingerprint density at radius 1 is 1.25 bits per heavy atom. The Kier molecular flexibility index (Phi) is 3.83. The Balaban J connectivity index is 2.76. The molecular formula is C12H13NO3. The highest BCUT2D eigenvalue weighted by atomic mass is 16.5. The number of amides is 1. The van der Waals surface area contributed by atoms with Gasteiger partial charge in [-0.1, -0.05) is 6.58 Å². The van der Waals surface area contributed by atoms with Gasteiger partial charge in [-0.05, 0) is 31.2 Å². The summed E-state index contributed by atoms with van der Waals surface area (Å²) in [4.78, 5) is 22.4. The SMILES string of the molecule is C=C(C)C(=O)Nc1ccc(C(=O)OC)cc1. The third-order valence-electron chi connectivity index (χ3n) is 1.95. The van der Waals surface area contributed by atoms with E-state index in [0.29, 0.717) is 16.8 Å². The molecule has 0 aliphatic rings. The maximum Gasteiger partial charge on any atom is 0.337 e. The fourth-order valence-corrected chi connectivity index (χ4v) is 1.05. The van der Waals surface area contributed by atoms with E-state index in [1.807, 2.05) is 0 Å². The van der Waals surface area contributed by atoms with Crippen molar-refractivity contribution in [2.24, 2.45) is 0 Å². The molecule has 1 N–H and O–H groups in total. The third-order valence-corrected chi connectivity index (χ3v) is 1.95. The highest BCUT2D eigenvalue weighted by Gasteiger charge is 2.06. The van der Waals surface area contributed by atoms with E-state index in [-0.39, 0.29) is 5.91 Å². The summed E-state index contributed by atoms with van der Waals surface area (Å²) in [5.74, 6) is -0.649. The van der Waals surface area contributed by atoms with Crippen LogP contribution in [0.4, 0.5) is 5.69 Å². The number of anilines is 1. The van der Waals surface area contributed by atoms with Crippen LogP contribution in [0.25, 0.3) is 0 Å². The van der Waals surface area contributed by atoms with Crippen molar-refractivity contribution < 1.29 is 14.3 Å². The first-order chi connectivity index (χ1) is 7.54. The van der Waals surface area contributed by atoms with Crippen molar-refractivity contribution in [1.82, 2.24) is 0 Å². The minimum Gasteiger partial charge on any atom is -0.465 e. The maximum atomic E-state index is 11.3. The number of carbonyl (C=O) groups excluding carboxylic acids is 2. The normalized spacial score (nSPS) is 9.38. The van der Waals surface area contributed by atoms with Crippen LogP contribution in [0.2, 0.25) is 0 Å². The number of hydrogen-bond acceptors (Lipinski definition) is 3. The highest BCUT2D eigenvalue weighted by molar-refractivity contribution is 6.03. The largest absolute Gasteiger partial charge is 0.465 e. The monoisotopic (exact) mass is 219 g/mol. The highest BCUT2D eigenvalue weighted by Crippen LogP contribution is 2.11. The number of nitrogens with one attached hydrogen (secondary N) is 1. The molecule has 0 heterocycles. The quantitative estimate of drug-likeness (QED) is 0.624.